The van der Waals surface area contributed by atoms with Crippen LogP contribution in [0.4, 0.5) is 10.5 Å². The molecule has 0 radical (unpaired) electrons. The fourth-order valence-corrected chi connectivity index (χ4v) is 4.42. The first-order valence-corrected chi connectivity index (χ1v) is 9.06. The third-order valence-electron chi connectivity index (χ3n) is 3.65. The minimum Gasteiger partial charge on any atom is -0.308 e. The number of benzene rings is 2. The predicted molar refractivity (Wildman–Crippen MR) is 98.6 cm³/mol. The normalized spacial score (nSPS) is 17.3. The number of anilines is 1. The highest BCUT2D eigenvalue weighted by Gasteiger charge is 2.32. The van der Waals surface area contributed by atoms with Crippen LogP contribution in [0.15, 0.2) is 42.5 Å². The van der Waals surface area contributed by atoms with Crippen molar-refractivity contribution in [1.29, 1.82) is 0 Å². The lowest BCUT2D eigenvalue weighted by molar-refractivity contribution is 0.214. The quantitative estimate of drug-likeness (QED) is 0.751. The molecule has 120 valence electrons. The van der Waals surface area contributed by atoms with Crippen LogP contribution in [-0.4, -0.2) is 23.2 Å². The zero-order chi connectivity index (χ0) is 16.4. The Hall–Kier alpha value is -1.36. The Morgan fingerprint density at radius 1 is 1.26 bits per heavy atom. The number of nitrogens with zero attached hydrogens (tertiary/aromatic N) is 1. The Morgan fingerprint density at radius 2 is 2.09 bits per heavy atom. The van der Waals surface area contributed by atoms with Crippen LogP contribution in [0.3, 0.4) is 0 Å². The SMILES string of the molecule is Cc1cccc(NC(=O)N2CCSC2c2ccc(Cl)cc2Cl)c1. The number of rotatable bonds is 2. The number of carbonyl (C=O) groups is 1. The molecule has 3 nitrogen and oxygen atoms in total. The average molecular weight is 367 g/mol. The van der Waals surface area contributed by atoms with Gasteiger partial charge >= 0.3 is 6.03 Å². The van der Waals surface area contributed by atoms with Crippen molar-refractivity contribution in [2.75, 3.05) is 17.6 Å². The summed E-state index contributed by atoms with van der Waals surface area (Å²) in [6.45, 7) is 2.68. The summed E-state index contributed by atoms with van der Waals surface area (Å²) < 4.78 is 0. The first-order valence-electron chi connectivity index (χ1n) is 7.25. The minimum atomic E-state index is -0.114. The third kappa shape index (κ3) is 3.77. The van der Waals surface area contributed by atoms with Crippen LogP contribution in [0.2, 0.25) is 10.0 Å². The molecule has 2 amide bonds. The van der Waals surface area contributed by atoms with E-state index in [0.29, 0.717) is 16.6 Å². The van der Waals surface area contributed by atoms with Crippen molar-refractivity contribution in [2.45, 2.75) is 12.3 Å². The van der Waals surface area contributed by atoms with Gasteiger partial charge in [-0.25, -0.2) is 4.79 Å². The van der Waals surface area contributed by atoms with E-state index in [4.69, 9.17) is 23.2 Å². The van der Waals surface area contributed by atoms with Crippen molar-refractivity contribution in [3.8, 4) is 0 Å². The number of hydrogen-bond acceptors (Lipinski definition) is 2. The van der Waals surface area contributed by atoms with Crippen molar-refractivity contribution < 1.29 is 4.79 Å². The first kappa shape index (κ1) is 16.5. The minimum absolute atomic E-state index is 0.0930. The van der Waals surface area contributed by atoms with Crippen LogP contribution in [0.5, 0.6) is 0 Å². The first-order chi connectivity index (χ1) is 11.0. The molecule has 1 aliphatic heterocycles. The van der Waals surface area contributed by atoms with Crippen LogP contribution >= 0.6 is 35.0 Å². The highest BCUT2D eigenvalue weighted by Crippen LogP contribution is 2.41. The van der Waals surface area contributed by atoms with Gasteiger partial charge in [0.05, 0.1) is 0 Å². The Bertz CT molecular complexity index is 738. The number of carbonyl (C=O) groups excluding carboxylic acids is 1. The molecule has 2 aromatic carbocycles. The summed E-state index contributed by atoms with van der Waals surface area (Å²) in [7, 11) is 0. The second kappa shape index (κ2) is 7.04. The molecule has 2 aromatic rings. The Kier molecular flexibility index (Phi) is 5.05. The zero-order valence-corrected chi connectivity index (χ0v) is 14.9. The molecule has 1 heterocycles. The maximum Gasteiger partial charge on any atom is 0.323 e. The van der Waals surface area contributed by atoms with Crippen molar-refractivity contribution >= 4 is 46.7 Å². The zero-order valence-electron chi connectivity index (χ0n) is 12.6. The van der Waals surface area contributed by atoms with Gasteiger partial charge in [0.2, 0.25) is 0 Å². The van der Waals surface area contributed by atoms with E-state index in [9.17, 15) is 4.79 Å². The Morgan fingerprint density at radius 3 is 2.83 bits per heavy atom. The van der Waals surface area contributed by atoms with Crippen LogP contribution in [-0.2, 0) is 0 Å². The van der Waals surface area contributed by atoms with E-state index in [2.05, 4.69) is 5.32 Å². The highest BCUT2D eigenvalue weighted by molar-refractivity contribution is 7.99. The Labute approximate surface area is 150 Å². The average Bonchev–Trinajstić information content (AvgIpc) is 2.96. The van der Waals surface area contributed by atoms with Gasteiger partial charge in [-0.15, -0.1) is 11.8 Å². The second-order valence-electron chi connectivity index (χ2n) is 5.38. The molecule has 0 saturated carbocycles. The summed E-state index contributed by atoms with van der Waals surface area (Å²) in [5.74, 6) is 0.880. The topological polar surface area (TPSA) is 32.3 Å². The van der Waals surface area contributed by atoms with Crippen LogP contribution in [0.25, 0.3) is 0 Å². The molecule has 1 saturated heterocycles. The molecule has 1 unspecified atom stereocenters. The molecule has 1 aliphatic rings. The number of nitrogens with one attached hydrogen (secondary N) is 1. The molecule has 0 aromatic heterocycles. The molecule has 0 spiro atoms. The van der Waals surface area contributed by atoms with Crippen molar-refractivity contribution in [2.24, 2.45) is 0 Å². The molecule has 6 heteroatoms. The van der Waals surface area contributed by atoms with Gasteiger partial charge < -0.3 is 10.2 Å². The van der Waals surface area contributed by atoms with Gasteiger partial charge in [-0.3, -0.25) is 0 Å². The van der Waals surface area contributed by atoms with Crippen LogP contribution in [0.1, 0.15) is 16.5 Å². The summed E-state index contributed by atoms with van der Waals surface area (Å²) in [4.78, 5) is 14.4. The van der Waals surface area contributed by atoms with Crippen molar-refractivity contribution in [3.05, 3.63) is 63.6 Å². The number of thioether (sulfide) groups is 1. The monoisotopic (exact) mass is 366 g/mol. The van der Waals surface area contributed by atoms with Crippen LogP contribution in [0, 0.1) is 6.92 Å². The lowest BCUT2D eigenvalue weighted by atomic mass is 10.2. The van der Waals surface area contributed by atoms with Gasteiger partial charge in [-0.2, -0.15) is 0 Å². The second-order valence-corrected chi connectivity index (χ2v) is 7.41. The van der Waals surface area contributed by atoms with Gasteiger partial charge in [-0.05, 0) is 36.8 Å². The third-order valence-corrected chi connectivity index (χ3v) is 5.45. The van der Waals surface area contributed by atoms with Gasteiger partial charge in [0, 0.05) is 33.6 Å². The molecule has 3 rings (SSSR count). The fourth-order valence-electron chi connectivity index (χ4n) is 2.56. The number of aryl methyl sites for hydroxylation is 1. The molecule has 0 aliphatic carbocycles. The van der Waals surface area contributed by atoms with Gasteiger partial charge in [0.15, 0.2) is 0 Å². The number of urea groups is 1. The summed E-state index contributed by atoms with van der Waals surface area (Å²) in [5.41, 5.74) is 2.82. The number of halogens is 2. The van der Waals surface area contributed by atoms with E-state index in [1.165, 1.54) is 0 Å². The maximum absolute atomic E-state index is 12.6. The summed E-state index contributed by atoms with van der Waals surface area (Å²) in [6, 6.07) is 13.1. The van der Waals surface area contributed by atoms with Crippen molar-refractivity contribution in [3.63, 3.8) is 0 Å². The molecule has 1 fully saturated rings. The van der Waals surface area contributed by atoms with E-state index in [-0.39, 0.29) is 11.4 Å². The molecule has 23 heavy (non-hydrogen) atoms. The van der Waals surface area contributed by atoms with Gasteiger partial charge in [0.1, 0.15) is 5.37 Å². The molecular weight excluding hydrogens is 351 g/mol. The van der Waals surface area contributed by atoms with E-state index in [1.807, 2.05) is 42.2 Å². The van der Waals surface area contributed by atoms with Gasteiger partial charge in [0.25, 0.3) is 0 Å². The van der Waals surface area contributed by atoms with E-state index in [0.717, 1.165) is 22.6 Å². The smallest absolute Gasteiger partial charge is 0.308 e. The molecular formula is C17H16Cl2N2OS. The standard InChI is InChI=1S/C17H16Cl2N2OS/c1-11-3-2-4-13(9-11)20-17(22)21-7-8-23-16(21)14-6-5-12(18)10-15(14)19/h2-6,9-10,16H,7-8H2,1H3,(H,20,22). The summed E-state index contributed by atoms with van der Waals surface area (Å²) in [6.07, 6.45) is 0. The van der Waals surface area contributed by atoms with Crippen LogP contribution < -0.4 is 5.32 Å². The Balaban J connectivity index is 1.79. The molecule has 0 bridgehead atoms. The largest absolute Gasteiger partial charge is 0.323 e. The lowest BCUT2D eigenvalue weighted by Crippen LogP contribution is -2.34. The van der Waals surface area contributed by atoms with E-state index >= 15 is 0 Å². The lowest BCUT2D eigenvalue weighted by Gasteiger charge is -2.25. The van der Waals surface area contributed by atoms with Gasteiger partial charge in [-0.1, -0.05) is 41.4 Å². The fraction of sp³-hybridized carbons (Fsp3) is 0.235. The maximum atomic E-state index is 12.6. The van der Waals surface area contributed by atoms with Crippen molar-refractivity contribution in [1.82, 2.24) is 4.90 Å². The number of hydrogen-bond donors (Lipinski definition) is 1. The predicted octanol–water partition coefficient (Wildman–Crippen LogP) is 5.58. The summed E-state index contributed by atoms with van der Waals surface area (Å²) in [5, 5.41) is 4.05. The molecule has 1 atom stereocenters. The highest BCUT2D eigenvalue weighted by atomic mass is 35.5. The van der Waals surface area contributed by atoms with E-state index < -0.39 is 0 Å². The molecule has 1 N–H and O–H groups in total. The number of amides is 2. The summed E-state index contributed by atoms with van der Waals surface area (Å²) >= 11 is 14.0. The van der Waals surface area contributed by atoms with E-state index in [1.54, 1.807) is 23.9 Å².